The first-order valence-corrected chi connectivity index (χ1v) is 8.91. The molecule has 1 atom stereocenters. The molecule has 0 bridgehead atoms. The highest BCUT2D eigenvalue weighted by molar-refractivity contribution is 5.93. The molecule has 1 spiro atoms. The number of nitrogens with one attached hydrogen (secondary N) is 1. The molecule has 1 saturated carbocycles. The van der Waals surface area contributed by atoms with Gasteiger partial charge in [0.15, 0.2) is 0 Å². The highest BCUT2D eigenvalue weighted by Gasteiger charge is 2.51. The molecule has 1 amide bonds. The van der Waals surface area contributed by atoms with E-state index in [-0.39, 0.29) is 17.2 Å². The van der Waals surface area contributed by atoms with Crippen LogP contribution in [0.1, 0.15) is 25.7 Å². The maximum Gasteiger partial charge on any atom is 0.229 e. The van der Waals surface area contributed by atoms with Gasteiger partial charge in [0.2, 0.25) is 5.91 Å². The third kappa shape index (κ3) is 3.29. The number of carbonyl (C=O) groups excluding carboxylic acids is 1. The molecule has 3 fully saturated rings. The van der Waals surface area contributed by atoms with E-state index in [0.717, 1.165) is 50.8 Å². The van der Waals surface area contributed by atoms with Gasteiger partial charge in [0.1, 0.15) is 0 Å². The van der Waals surface area contributed by atoms with Crippen LogP contribution >= 0.6 is 0 Å². The average Bonchev–Trinajstić information content (AvgIpc) is 3.31. The summed E-state index contributed by atoms with van der Waals surface area (Å²) in [5.74, 6) is 1.16. The average molecular weight is 314 g/mol. The topological polar surface area (TPSA) is 41.6 Å². The first-order valence-electron chi connectivity index (χ1n) is 8.91. The van der Waals surface area contributed by atoms with Crippen molar-refractivity contribution in [3.63, 3.8) is 0 Å². The maximum absolute atomic E-state index is 13.0. The van der Waals surface area contributed by atoms with Crippen molar-refractivity contribution in [2.75, 3.05) is 38.2 Å². The molecule has 0 aromatic heterocycles. The largest absolute Gasteiger partial charge is 0.381 e. The van der Waals surface area contributed by atoms with Crippen molar-refractivity contribution in [1.82, 2.24) is 4.90 Å². The minimum Gasteiger partial charge on any atom is -0.381 e. The Morgan fingerprint density at radius 1 is 1.22 bits per heavy atom. The molecule has 4 rings (SSSR count). The Bertz CT molecular complexity index is 550. The van der Waals surface area contributed by atoms with E-state index in [1.807, 2.05) is 30.3 Å². The second-order valence-corrected chi connectivity index (χ2v) is 7.52. The van der Waals surface area contributed by atoms with Crippen LogP contribution in [0.5, 0.6) is 0 Å². The van der Waals surface area contributed by atoms with Crippen molar-refractivity contribution in [2.45, 2.75) is 25.7 Å². The molecule has 2 saturated heterocycles. The summed E-state index contributed by atoms with van der Waals surface area (Å²) in [6.45, 7) is 4.76. The number of hydrogen-bond donors (Lipinski definition) is 1. The predicted octanol–water partition coefficient (Wildman–Crippen LogP) is 2.76. The lowest BCUT2D eigenvalue weighted by Gasteiger charge is -2.37. The zero-order chi connectivity index (χ0) is 15.7. The number of benzene rings is 1. The van der Waals surface area contributed by atoms with E-state index in [9.17, 15) is 4.79 Å². The maximum atomic E-state index is 13.0. The van der Waals surface area contributed by atoms with Crippen LogP contribution in [0.4, 0.5) is 5.69 Å². The quantitative estimate of drug-likeness (QED) is 0.929. The van der Waals surface area contributed by atoms with Gasteiger partial charge in [0.25, 0.3) is 0 Å². The van der Waals surface area contributed by atoms with Gasteiger partial charge in [-0.3, -0.25) is 4.79 Å². The van der Waals surface area contributed by atoms with E-state index >= 15 is 0 Å². The van der Waals surface area contributed by atoms with Gasteiger partial charge in [-0.25, -0.2) is 0 Å². The van der Waals surface area contributed by atoms with Crippen LogP contribution in [-0.4, -0.2) is 43.7 Å². The molecule has 2 aliphatic heterocycles. The molecule has 2 heterocycles. The number of amides is 1. The second-order valence-electron chi connectivity index (χ2n) is 7.52. The number of likely N-dealkylation sites (tertiary alicyclic amines) is 1. The Morgan fingerprint density at radius 3 is 2.65 bits per heavy atom. The second kappa shape index (κ2) is 6.25. The number of anilines is 1. The summed E-state index contributed by atoms with van der Waals surface area (Å²) in [4.78, 5) is 15.5. The van der Waals surface area contributed by atoms with Crippen LogP contribution in [0.25, 0.3) is 0 Å². The molecule has 1 aromatic rings. The van der Waals surface area contributed by atoms with E-state index < -0.39 is 0 Å². The Morgan fingerprint density at radius 2 is 1.96 bits per heavy atom. The van der Waals surface area contributed by atoms with Crippen LogP contribution < -0.4 is 5.32 Å². The lowest BCUT2D eigenvalue weighted by Crippen LogP contribution is -2.42. The number of rotatable bonds is 4. The smallest absolute Gasteiger partial charge is 0.229 e. The summed E-state index contributed by atoms with van der Waals surface area (Å²) in [5.41, 5.74) is 1.02. The van der Waals surface area contributed by atoms with Gasteiger partial charge in [0, 0.05) is 44.0 Å². The van der Waals surface area contributed by atoms with E-state index in [2.05, 4.69) is 10.2 Å². The van der Waals surface area contributed by atoms with Gasteiger partial charge in [0.05, 0.1) is 5.92 Å². The number of carbonyl (C=O) groups is 1. The summed E-state index contributed by atoms with van der Waals surface area (Å²) >= 11 is 0. The van der Waals surface area contributed by atoms with Gasteiger partial charge in [-0.05, 0) is 43.7 Å². The molecular weight excluding hydrogens is 288 g/mol. The fourth-order valence-electron chi connectivity index (χ4n) is 4.27. The summed E-state index contributed by atoms with van der Waals surface area (Å²) in [6, 6.07) is 9.83. The first-order chi connectivity index (χ1) is 11.3. The molecule has 124 valence electrons. The standard InChI is InChI=1S/C19H26N2O2/c22-18(20-16-4-2-1-3-5-16)17-13-21(12-15-6-7-15)14-19(17)8-10-23-11-9-19/h1-5,15,17H,6-14H2,(H,20,22)/t17-/m0/s1. The zero-order valence-electron chi connectivity index (χ0n) is 13.7. The van der Waals surface area contributed by atoms with Crippen molar-refractivity contribution < 1.29 is 9.53 Å². The normalized spacial score (nSPS) is 27.2. The number of ether oxygens (including phenoxy) is 1. The fourth-order valence-corrected chi connectivity index (χ4v) is 4.27. The summed E-state index contributed by atoms with van der Waals surface area (Å²) < 4.78 is 5.58. The van der Waals surface area contributed by atoms with Gasteiger partial charge in [-0.2, -0.15) is 0 Å². The van der Waals surface area contributed by atoms with Crippen LogP contribution in [0.15, 0.2) is 30.3 Å². The highest BCUT2D eigenvalue weighted by atomic mass is 16.5. The molecule has 1 N–H and O–H groups in total. The van der Waals surface area contributed by atoms with Crippen molar-refractivity contribution in [1.29, 1.82) is 0 Å². The van der Waals surface area contributed by atoms with Crippen molar-refractivity contribution >= 4 is 11.6 Å². The number of nitrogens with zero attached hydrogens (tertiary/aromatic N) is 1. The molecule has 23 heavy (non-hydrogen) atoms. The summed E-state index contributed by atoms with van der Waals surface area (Å²) in [7, 11) is 0. The molecule has 3 aliphatic rings. The number of para-hydroxylation sites is 1. The molecule has 1 aromatic carbocycles. The molecule has 4 nitrogen and oxygen atoms in total. The van der Waals surface area contributed by atoms with Crippen molar-refractivity contribution in [3.8, 4) is 0 Å². The van der Waals surface area contributed by atoms with Crippen LogP contribution in [-0.2, 0) is 9.53 Å². The molecule has 0 radical (unpaired) electrons. The Kier molecular flexibility index (Phi) is 4.12. The number of hydrogen-bond acceptors (Lipinski definition) is 3. The van der Waals surface area contributed by atoms with Crippen molar-refractivity contribution in [3.05, 3.63) is 30.3 Å². The van der Waals surface area contributed by atoms with Crippen molar-refractivity contribution in [2.24, 2.45) is 17.3 Å². The Hall–Kier alpha value is -1.39. The lowest BCUT2D eigenvalue weighted by molar-refractivity contribution is -0.124. The fraction of sp³-hybridized carbons (Fsp3) is 0.632. The van der Waals surface area contributed by atoms with Crippen LogP contribution in [0.3, 0.4) is 0 Å². The summed E-state index contributed by atoms with van der Waals surface area (Å²) in [6.07, 6.45) is 4.77. The Labute approximate surface area is 138 Å². The molecule has 4 heteroatoms. The van der Waals surface area contributed by atoms with Gasteiger partial charge >= 0.3 is 0 Å². The SMILES string of the molecule is O=C(Nc1ccccc1)[C@@H]1CN(CC2CC2)CC12CCOCC2. The minimum atomic E-state index is 0.0883. The zero-order valence-corrected chi connectivity index (χ0v) is 13.7. The molecular formula is C19H26N2O2. The third-order valence-corrected chi connectivity index (χ3v) is 5.78. The van der Waals surface area contributed by atoms with Gasteiger partial charge in [-0.15, -0.1) is 0 Å². The first kappa shape index (κ1) is 15.2. The predicted molar refractivity (Wildman–Crippen MR) is 90.2 cm³/mol. The lowest BCUT2D eigenvalue weighted by atomic mass is 9.71. The molecule has 1 aliphatic carbocycles. The monoisotopic (exact) mass is 314 g/mol. The van der Waals surface area contributed by atoms with E-state index in [1.54, 1.807) is 0 Å². The van der Waals surface area contributed by atoms with E-state index in [1.165, 1.54) is 19.4 Å². The van der Waals surface area contributed by atoms with E-state index in [0.29, 0.717) is 0 Å². The van der Waals surface area contributed by atoms with Gasteiger partial charge < -0.3 is 15.0 Å². The van der Waals surface area contributed by atoms with E-state index in [4.69, 9.17) is 4.74 Å². The van der Waals surface area contributed by atoms with Crippen LogP contribution in [0, 0.1) is 17.3 Å². The Balaban J connectivity index is 1.49. The summed E-state index contributed by atoms with van der Waals surface area (Å²) in [5, 5.41) is 3.14. The molecule has 0 unspecified atom stereocenters. The van der Waals surface area contributed by atoms with Gasteiger partial charge in [-0.1, -0.05) is 18.2 Å². The minimum absolute atomic E-state index is 0.0883. The highest BCUT2D eigenvalue weighted by Crippen LogP contribution is 2.46. The van der Waals surface area contributed by atoms with Crippen LogP contribution in [0.2, 0.25) is 0 Å². The third-order valence-electron chi connectivity index (χ3n) is 5.78.